The van der Waals surface area contributed by atoms with Crippen LogP contribution in [0.3, 0.4) is 0 Å². The monoisotopic (exact) mass is 194 g/mol. The van der Waals surface area contributed by atoms with Crippen LogP contribution < -0.4 is 0 Å². The summed E-state index contributed by atoms with van der Waals surface area (Å²) in [6.07, 6.45) is 1.00. The summed E-state index contributed by atoms with van der Waals surface area (Å²) in [6.45, 7) is 2.98. The van der Waals surface area contributed by atoms with Crippen LogP contribution in [0.15, 0.2) is 0 Å². The minimum absolute atomic E-state index is 0.0441. The highest BCUT2D eigenvalue weighted by Crippen LogP contribution is 2.42. The zero-order chi connectivity index (χ0) is 9.61. The normalized spacial score (nSPS) is 15.2. The highest BCUT2D eigenvalue weighted by atomic mass is 31.2. The van der Waals surface area contributed by atoms with E-state index in [1.165, 1.54) is 6.66 Å². The molecule has 0 saturated heterocycles. The molecule has 72 valence electrons. The Labute approximate surface area is 72.4 Å². The molecule has 1 unspecified atom stereocenters. The lowest BCUT2D eigenvalue weighted by Gasteiger charge is -2.11. The first kappa shape index (κ1) is 11.7. The lowest BCUT2D eigenvalue weighted by atomic mass is 10.4. The van der Waals surface area contributed by atoms with E-state index in [2.05, 4.69) is 4.52 Å². The van der Waals surface area contributed by atoms with E-state index < -0.39 is 13.3 Å². The lowest BCUT2D eigenvalue weighted by molar-refractivity contribution is -0.134. The molecule has 0 aromatic rings. The molecule has 0 aliphatic rings. The Bertz CT molecular complexity index is 190. The number of carbonyl (C=O) groups excluding carboxylic acids is 1. The molecule has 0 spiro atoms. The number of hydrogen-bond donors (Lipinski definition) is 1. The number of carbonyl (C=O) groups is 1. The van der Waals surface area contributed by atoms with Gasteiger partial charge >= 0.3 is 5.97 Å². The van der Waals surface area contributed by atoms with E-state index >= 15 is 0 Å². The van der Waals surface area contributed by atoms with Crippen molar-refractivity contribution in [3.8, 4) is 0 Å². The summed E-state index contributed by atoms with van der Waals surface area (Å²) >= 11 is 0. The van der Waals surface area contributed by atoms with Gasteiger partial charge in [-0.1, -0.05) is 6.92 Å². The molecule has 5 heteroatoms. The second-order valence-electron chi connectivity index (χ2n) is 2.67. The third kappa shape index (κ3) is 5.33. The highest BCUT2D eigenvalue weighted by Gasteiger charge is 2.19. The first-order valence-corrected chi connectivity index (χ1v) is 6.17. The molecule has 0 amide bonds. The molecule has 1 atom stereocenters. The SMILES string of the molecule is CCCC(=O)OP(C)(=O)CCO. The second-order valence-corrected chi connectivity index (χ2v) is 5.33. The molecule has 0 fully saturated rings. The third-order valence-electron chi connectivity index (χ3n) is 1.26. The molecule has 0 rings (SSSR count). The van der Waals surface area contributed by atoms with Crippen molar-refractivity contribution in [2.75, 3.05) is 19.4 Å². The second kappa shape index (κ2) is 5.33. The molecule has 4 nitrogen and oxygen atoms in total. The predicted molar refractivity (Wildman–Crippen MR) is 46.5 cm³/mol. The first-order chi connectivity index (χ1) is 5.52. The zero-order valence-electron chi connectivity index (χ0n) is 7.45. The molecule has 0 bridgehead atoms. The van der Waals surface area contributed by atoms with Gasteiger partial charge < -0.3 is 9.63 Å². The summed E-state index contributed by atoms with van der Waals surface area (Å²) in [7, 11) is -2.88. The van der Waals surface area contributed by atoms with E-state index in [1.807, 2.05) is 6.92 Å². The van der Waals surface area contributed by atoms with Crippen molar-refractivity contribution in [2.45, 2.75) is 19.8 Å². The molecule has 0 aliphatic carbocycles. The maximum absolute atomic E-state index is 11.3. The van der Waals surface area contributed by atoms with Crippen LogP contribution in [0.25, 0.3) is 0 Å². The maximum atomic E-state index is 11.3. The van der Waals surface area contributed by atoms with Crippen LogP contribution in [-0.4, -0.2) is 30.5 Å². The number of aliphatic hydroxyl groups excluding tert-OH is 1. The zero-order valence-corrected chi connectivity index (χ0v) is 8.34. The summed E-state index contributed by atoms with van der Waals surface area (Å²) < 4.78 is 16.0. The van der Waals surface area contributed by atoms with Crippen LogP contribution in [0.5, 0.6) is 0 Å². The van der Waals surface area contributed by atoms with Gasteiger partial charge in [0.2, 0.25) is 7.37 Å². The van der Waals surface area contributed by atoms with Crippen molar-refractivity contribution in [3.05, 3.63) is 0 Å². The molecule has 0 saturated carbocycles. The summed E-state index contributed by atoms with van der Waals surface area (Å²) in [5.41, 5.74) is 0. The molecule has 0 aromatic heterocycles. The third-order valence-corrected chi connectivity index (χ3v) is 2.86. The largest absolute Gasteiger partial charge is 0.412 e. The fourth-order valence-corrected chi connectivity index (χ4v) is 1.67. The molecule has 0 aromatic carbocycles. The van der Waals surface area contributed by atoms with Crippen molar-refractivity contribution in [1.82, 2.24) is 0 Å². The Balaban J connectivity index is 3.88. The number of hydrogen-bond acceptors (Lipinski definition) is 4. The van der Waals surface area contributed by atoms with E-state index in [0.717, 1.165) is 0 Å². The summed E-state index contributed by atoms with van der Waals surface area (Å²) in [6, 6.07) is 0. The molecule has 1 N–H and O–H groups in total. The Morgan fingerprint density at radius 2 is 2.17 bits per heavy atom. The molecule has 0 heterocycles. The van der Waals surface area contributed by atoms with Gasteiger partial charge in [0.15, 0.2) is 0 Å². The van der Waals surface area contributed by atoms with Crippen LogP contribution >= 0.6 is 7.37 Å². The molecule has 0 aliphatic heterocycles. The van der Waals surface area contributed by atoms with Crippen LogP contribution in [0, 0.1) is 0 Å². The summed E-state index contributed by atoms with van der Waals surface area (Å²) in [4.78, 5) is 10.9. The van der Waals surface area contributed by atoms with Crippen LogP contribution in [0.1, 0.15) is 19.8 Å². The van der Waals surface area contributed by atoms with Crippen molar-refractivity contribution >= 4 is 13.3 Å². The summed E-state index contributed by atoms with van der Waals surface area (Å²) in [5.74, 6) is -0.447. The van der Waals surface area contributed by atoms with E-state index in [9.17, 15) is 9.36 Å². The van der Waals surface area contributed by atoms with Gasteiger partial charge in [0, 0.05) is 13.1 Å². The fourth-order valence-electron chi connectivity index (χ4n) is 0.692. The van der Waals surface area contributed by atoms with Crippen molar-refractivity contribution in [2.24, 2.45) is 0 Å². The Hall–Kier alpha value is -0.340. The van der Waals surface area contributed by atoms with Crippen molar-refractivity contribution in [3.63, 3.8) is 0 Å². The van der Waals surface area contributed by atoms with Gasteiger partial charge in [-0.2, -0.15) is 0 Å². The standard InChI is InChI=1S/C7H15O4P/c1-3-4-7(9)11-12(2,10)6-5-8/h8H,3-6H2,1-2H3. The van der Waals surface area contributed by atoms with Crippen LogP contribution in [0.2, 0.25) is 0 Å². The van der Waals surface area contributed by atoms with E-state index in [-0.39, 0.29) is 19.2 Å². The minimum Gasteiger partial charge on any atom is -0.412 e. The highest BCUT2D eigenvalue weighted by molar-refractivity contribution is 7.58. The number of rotatable bonds is 5. The minimum atomic E-state index is -2.88. The van der Waals surface area contributed by atoms with Gasteiger partial charge in [-0.15, -0.1) is 0 Å². The quantitative estimate of drug-likeness (QED) is 0.668. The Morgan fingerprint density at radius 1 is 1.58 bits per heavy atom. The van der Waals surface area contributed by atoms with Gasteiger partial charge in [0.25, 0.3) is 0 Å². The first-order valence-electron chi connectivity index (χ1n) is 3.91. The average Bonchev–Trinajstić information content (AvgIpc) is 1.85. The summed E-state index contributed by atoms with van der Waals surface area (Å²) in [5, 5.41) is 8.48. The van der Waals surface area contributed by atoms with E-state index in [0.29, 0.717) is 6.42 Å². The van der Waals surface area contributed by atoms with E-state index in [1.54, 1.807) is 0 Å². The Morgan fingerprint density at radius 3 is 2.58 bits per heavy atom. The lowest BCUT2D eigenvalue weighted by Crippen LogP contribution is -2.05. The van der Waals surface area contributed by atoms with Crippen molar-refractivity contribution in [1.29, 1.82) is 0 Å². The van der Waals surface area contributed by atoms with Gasteiger partial charge in [-0.25, -0.2) is 0 Å². The predicted octanol–water partition coefficient (Wildman–Crippen LogP) is 1.23. The fraction of sp³-hybridized carbons (Fsp3) is 0.857. The molecular formula is C7H15O4P. The van der Waals surface area contributed by atoms with Gasteiger partial charge in [-0.05, 0) is 6.42 Å². The number of aliphatic hydroxyl groups is 1. The average molecular weight is 194 g/mol. The molecule has 0 radical (unpaired) electrons. The van der Waals surface area contributed by atoms with Crippen molar-refractivity contribution < 1.29 is 19.0 Å². The van der Waals surface area contributed by atoms with E-state index in [4.69, 9.17) is 5.11 Å². The van der Waals surface area contributed by atoms with Gasteiger partial charge in [-0.3, -0.25) is 9.36 Å². The molecule has 12 heavy (non-hydrogen) atoms. The van der Waals surface area contributed by atoms with Gasteiger partial charge in [0.05, 0.1) is 12.8 Å². The Kier molecular flexibility index (Phi) is 5.18. The maximum Gasteiger partial charge on any atom is 0.310 e. The topological polar surface area (TPSA) is 63.6 Å². The van der Waals surface area contributed by atoms with Crippen LogP contribution in [-0.2, 0) is 13.9 Å². The smallest absolute Gasteiger partial charge is 0.310 e. The van der Waals surface area contributed by atoms with Crippen LogP contribution in [0.4, 0.5) is 0 Å². The van der Waals surface area contributed by atoms with Gasteiger partial charge in [0.1, 0.15) is 0 Å². The molecular weight excluding hydrogens is 179 g/mol.